The molecule has 0 aliphatic rings. The fourth-order valence-electron chi connectivity index (χ4n) is 2.59. The number of carbonyl (C=O) groups excluding carboxylic acids is 1. The molecule has 2 rings (SSSR count). The molecule has 0 spiro atoms. The predicted molar refractivity (Wildman–Crippen MR) is 98.8 cm³/mol. The molecule has 2 aromatic carbocycles. The van der Waals surface area contributed by atoms with Gasteiger partial charge in [0.1, 0.15) is 0 Å². The maximum atomic E-state index is 12.3. The van der Waals surface area contributed by atoms with Gasteiger partial charge < -0.3 is 14.9 Å². The smallest absolute Gasteiger partial charge is 0.305 e. The average Bonchev–Trinajstić information content (AvgIpc) is 2.64. The first kappa shape index (κ1) is 18.5. The molecule has 2 aromatic rings. The van der Waals surface area contributed by atoms with Crippen LogP contribution in [-0.4, -0.2) is 42.0 Å². The number of benzene rings is 2. The number of amides is 1. The van der Waals surface area contributed by atoms with Crippen LogP contribution in [0.2, 0.25) is 0 Å². The molecule has 1 N–H and O–H groups in total. The number of rotatable bonds is 8. The van der Waals surface area contributed by atoms with Gasteiger partial charge in [-0.25, -0.2) is 0 Å². The third kappa shape index (κ3) is 5.35. The van der Waals surface area contributed by atoms with E-state index in [1.165, 1.54) is 10.5 Å². The molecule has 0 saturated carbocycles. The highest BCUT2D eigenvalue weighted by Gasteiger charge is 2.13. The number of nitrogens with zero attached hydrogens (tertiary/aromatic N) is 2. The molecule has 0 bridgehead atoms. The van der Waals surface area contributed by atoms with E-state index < -0.39 is 5.97 Å². The number of hydrogen-bond donors (Lipinski definition) is 1. The Bertz CT molecular complexity index is 699. The lowest BCUT2D eigenvalue weighted by atomic mass is 10.1. The normalized spacial score (nSPS) is 10.3. The standard InChI is InChI=1S/C20H24N2O3/c1-3-22(15-16-7-5-4-6-8-16)18-11-9-17(10-12-18)20(25)21(2)14-13-19(23)24/h4-12H,3,13-15H2,1-2H3,(H,23,24). The fraction of sp³-hybridized carbons (Fsp3) is 0.300. The number of carboxylic acid groups (broad SMARTS) is 1. The molecular weight excluding hydrogens is 316 g/mol. The van der Waals surface area contributed by atoms with Crippen molar-refractivity contribution in [2.75, 3.05) is 25.0 Å². The minimum Gasteiger partial charge on any atom is -0.481 e. The molecule has 5 nitrogen and oxygen atoms in total. The van der Waals surface area contributed by atoms with E-state index in [1.807, 2.05) is 30.3 Å². The lowest BCUT2D eigenvalue weighted by Gasteiger charge is -2.24. The van der Waals surface area contributed by atoms with E-state index in [0.717, 1.165) is 18.8 Å². The summed E-state index contributed by atoms with van der Waals surface area (Å²) >= 11 is 0. The van der Waals surface area contributed by atoms with Gasteiger partial charge in [0.25, 0.3) is 5.91 Å². The maximum absolute atomic E-state index is 12.3. The van der Waals surface area contributed by atoms with E-state index >= 15 is 0 Å². The number of carbonyl (C=O) groups is 2. The third-order valence-electron chi connectivity index (χ3n) is 4.09. The molecule has 0 aliphatic carbocycles. The zero-order valence-corrected chi connectivity index (χ0v) is 14.7. The number of anilines is 1. The first-order valence-corrected chi connectivity index (χ1v) is 8.37. The van der Waals surface area contributed by atoms with Gasteiger partial charge in [0.05, 0.1) is 6.42 Å². The summed E-state index contributed by atoms with van der Waals surface area (Å²) in [5.41, 5.74) is 2.85. The lowest BCUT2D eigenvalue weighted by Crippen LogP contribution is -2.29. The van der Waals surface area contributed by atoms with Crippen molar-refractivity contribution in [1.29, 1.82) is 0 Å². The first-order valence-electron chi connectivity index (χ1n) is 8.37. The molecule has 1 amide bonds. The highest BCUT2D eigenvalue weighted by atomic mass is 16.4. The van der Waals surface area contributed by atoms with Crippen molar-refractivity contribution in [2.45, 2.75) is 19.9 Å². The Morgan fingerprint density at radius 1 is 1.00 bits per heavy atom. The van der Waals surface area contributed by atoms with Gasteiger partial charge in [-0.2, -0.15) is 0 Å². The molecule has 0 aromatic heterocycles. The summed E-state index contributed by atoms with van der Waals surface area (Å²) in [6, 6.07) is 17.7. The van der Waals surface area contributed by atoms with Crippen LogP contribution < -0.4 is 4.90 Å². The Morgan fingerprint density at radius 2 is 1.64 bits per heavy atom. The van der Waals surface area contributed by atoms with Crippen molar-refractivity contribution in [3.05, 3.63) is 65.7 Å². The molecule has 0 unspecified atom stereocenters. The average molecular weight is 340 g/mol. The summed E-state index contributed by atoms with van der Waals surface area (Å²) < 4.78 is 0. The van der Waals surface area contributed by atoms with Crippen LogP contribution >= 0.6 is 0 Å². The molecular formula is C20H24N2O3. The van der Waals surface area contributed by atoms with Crippen LogP contribution in [0, 0.1) is 0 Å². The summed E-state index contributed by atoms with van der Waals surface area (Å²) in [5.74, 6) is -1.08. The molecule has 25 heavy (non-hydrogen) atoms. The number of hydrogen-bond acceptors (Lipinski definition) is 3. The molecule has 0 atom stereocenters. The predicted octanol–water partition coefficient (Wildman–Crippen LogP) is 3.26. The summed E-state index contributed by atoms with van der Waals surface area (Å²) in [7, 11) is 1.62. The molecule has 0 fully saturated rings. The molecule has 0 aliphatic heterocycles. The number of carboxylic acids is 1. The van der Waals surface area contributed by atoms with Crippen LogP contribution in [0.5, 0.6) is 0 Å². The zero-order valence-electron chi connectivity index (χ0n) is 14.7. The maximum Gasteiger partial charge on any atom is 0.305 e. The monoisotopic (exact) mass is 340 g/mol. The van der Waals surface area contributed by atoms with Crippen molar-refractivity contribution in [1.82, 2.24) is 4.90 Å². The lowest BCUT2D eigenvalue weighted by molar-refractivity contribution is -0.137. The van der Waals surface area contributed by atoms with Crippen molar-refractivity contribution < 1.29 is 14.7 Å². The minimum atomic E-state index is -0.908. The van der Waals surface area contributed by atoms with Crippen molar-refractivity contribution in [2.24, 2.45) is 0 Å². The van der Waals surface area contributed by atoms with Gasteiger partial charge in [0.2, 0.25) is 0 Å². The highest BCUT2D eigenvalue weighted by Crippen LogP contribution is 2.18. The van der Waals surface area contributed by atoms with E-state index in [4.69, 9.17) is 5.11 Å². The second-order valence-electron chi connectivity index (χ2n) is 5.92. The van der Waals surface area contributed by atoms with E-state index in [0.29, 0.717) is 5.56 Å². The van der Waals surface area contributed by atoms with Gasteiger partial charge in [0, 0.05) is 37.9 Å². The Balaban J connectivity index is 2.04. The molecule has 0 heterocycles. The van der Waals surface area contributed by atoms with Crippen LogP contribution in [0.4, 0.5) is 5.69 Å². The quantitative estimate of drug-likeness (QED) is 0.801. The van der Waals surface area contributed by atoms with Crippen LogP contribution in [0.15, 0.2) is 54.6 Å². The Morgan fingerprint density at radius 3 is 2.20 bits per heavy atom. The Labute approximate surface area is 148 Å². The van der Waals surface area contributed by atoms with Gasteiger partial charge >= 0.3 is 5.97 Å². The van der Waals surface area contributed by atoms with Crippen LogP contribution in [0.1, 0.15) is 29.3 Å². The highest BCUT2D eigenvalue weighted by molar-refractivity contribution is 5.94. The van der Waals surface area contributed by atoms with Crippen LogP contribution in [0.25, 0.3) is 0 Å². The SMILES string of the molecule is CCN(Cc1ccccc1)c1ccc(C(=O)N(C)CCC(=O)O)cc1. The topological polar surface area (TPSA) is 60.9 Å². The van der Waals surface area contributed by atoms with Crippen molar-refractivity contribution in [3.63, 3.8) is 0 Å². The Kier molecular flexibility index (Phi) is 6.57. The third-order valence-corrected chi connectivity index (χ3v) is 4.09. The summed E-state index contributed by atoms with van der Waals surface area (Å²) in [6.45, 7) is 3.97. The molecule has 5 heteroatoms. The summed E-state index contributed by atoms with van der Waals surface area (Å²) in [4.78, 5) is 26.6. The largest absolute Gasteiger partial charge is 0.481 e. The van der Waals surface area contributed by atoms with Gasteiger partial charge in [-0.15, -0.1) is 0 Å². The first-order chi connectivity index (χ1) is 12.0. The van der Waals surface area contributed by atoms with E-state index in [2.05, 4.69) is 24.0 Å². The fourth-order valence-corrected chi connectivity index (χ4v) is 2.59. The summed E-state index contributed by atoms with van der Waals surface area (Å²) in [5, 5.41) is 8.72. The van der Waals surface area contributed by atoms with E-state index in [9.17, 15) is 9.59 Å². The van der Waals surface area contributed by atoms with Gasteiger partial charge in [-0.3, -0.25) is 9.59 Å². The molecule has 0 saturated heterocycles. The molecule has 132 valence electrons. The number of aliphatic carboxylic acids is 1. The summed E-state index contributed by atoms with van der Waals surface area (Å²) in [6.07, 6.45) is -0.0546. The second-order valence-corrected chi connectivity index (χ2v) is 5.92. The van der Waals surface area contributed by atoms with Crippen molar-refractivity contribution in [3.8, 4) is 0 Å². The Hall–Kier alpha value is -2.82. The van der Waals surface area contributed by atoms with Gasteiger partial charge in [-0.05, 0) is 36.8 Å². The van der Waals surface area contributed by atoms with E-state index in [-0.39, 0.29) is 18.9 Å². The van der Waals surface area contributed by atoms with E-state index in [1.54, 1.807) is 19.2 Å². The van der Waals surface area contributed by atoms with Gasteiger partial charge in [-0.1, -0.05) is 30.3 Å². The van der Waals surface area contributed by atoms with Crippen LogP contribution in [-0.2, 0) is 11.3 Å². The zero-order chi connectivity index (χ0) is 18.2. The van der Waals surface area contributed by atoms with Crippen LogP contribution in [0.3, 0.4) is 0 Å². The van der Waals surface area contributed by atoms with Crippen molar-refractivity contribution >= 4 is 17.6 Å². The molecule has 0 radical (unpaired) electrons. The van der Waals surface area contributed by atoms with Gasteiger partial charge in [0.15, 0.2) is 0 Å². The minimum absolute atomic E-state index is 0.0546. The second kappa shape index (κ2) is 8.87.